The first-order valence-electron chi connectivity index (χ1n) is 5.79. The van der Waals surface area contributed by atoms with Crippen LogP contribution in [0.5, 0.6) is 0 Å². The Morgan fingerprint density at radius 3 is 2.50 bits per heavy atom. The Bertz CT molecular complexity index is 379. The number of rotatable bonds is 4. The molecule has 0 saturated heterocycles. The Morgan fingerprint density at radius 2 is 2.00 bits per heavy atom. The number of nitrogens with one attached hydrogen (secondary N) is 1. The van der Waals surface area contributed by atoms with E-state index < -0.39 is 0 Å². The second-order valence-electron chi connectivity index (χ2n) is 4.48. The van der Waals surface area contributed by atoms with Gasteiger partial charge in [0.15, 0.2) is 0 Å². The van der Waals surface area contributed by atoms with E-state index in [9.17, 15) is 4.79 Å². The third-order valence-corrected chi connectivity index (χ3v) is 3.06. The summed E-state index contributed by atoms with van der Waals surface area (Å²) < 4.78 is 0. The smallest absolute Gasteiger partial charge is 0.224 e. The Morgan fingerprint density at radius 1 is 1.38 bits per heavy atom. The van der Waals surface area contributed by atoms with Crippen molar-refractivity contribution in [2.24, 2.45) is 5.73 Å². The van der Waals surface area contributed by atoms with Crippen LogP contribution in [0, 0.1) is 0 Å². The lowest BCUT2D eigenvalue weighted by Crippen LogP contribution is -2.24. The number of nitrogens with two attached hydrogens (primary N) is 1. The van der Waals surface area contributed by atoms with Gasteiger partial charge in [0.1, 0.15) is 0 Å². The van der Waals surface area contributed by atoms with Crippen molar-refractivity contribution in [3.05, 3.63) is 35.4 Å². The molecular weight excluding hydrogens is 200 g/mol. The van der Waals surface area contributed by atoms with Crippen LogP contribution in [0.3, 0.4) is 0 Å². The van der Waals surface area contributed by atoms with Gasteiger partial charge in [-0.1, -0.05) is 24.3 Å². The fourth-order valence-corrected chi connectivity index (χ4v) is 1.82. The predicted octanol–water partition coefficient (Wildman–Crippen LogP) is 1.31. The van der Waals surface area contributed by atoms with Gasteiger partial charge in [-0.2, -0.15) is 0 Å². The van der Waals surface area contributed by atoms with Gasteiger partial charge in [0.2, 0.25) is 5.91 Å². The van der Waals surface area contributed by atoms with Crippen molar-refractivity contribution in [3.63, 3.8) is 0 Å². The molecule has 0 aromatic heterocycles. The molecule has 3 N–H and O–H groups in total. The maximum Gasteiger partial charge on any atom is 0.224 e. The van der Waals surface area contributed by atoms with Gasteiger partial charge in [-0.15, -0.1) is 0 Å². The second-order valence-corrected chi connectivity index (χ2v) is 4.48. The van der Waals surface area contributed by atoms with Gasteiger partial charge in [-0.05, 0) is 30.9 Å². The van der Waals surface area contributed by atoms with E-state index in [1.807, 2.05) is 31.2 Å². The molecule has 0 unspecified atom stereocenters. The Labute approximate surface area is 96.0 Å². The Kier molecular flexibility index (Phi) is 2.97. The molecule has 3 nitrogen and oxygen atoms in total. The first-order valence-corrected chi connectivity index (χ1v) is 5.79. The monoisotopic (exact) mass is 218 g/mol. The lowest BCUT2D eigenvalue weighted by atomic mass is 10.0. The molecule has 0 bridgehead atoms. The number of carbonyl (C=O) groups excluding carboxylic acids is 1. The van der Waals surface area contributed by atoms with E-state index >= 15 is 0 Å². The number of carbonyl (C=O) groups is 1. The molecular formula is C13H18N2O. The molecule has 1 aliphatic rings. The average molecular weight is 218 g/mol. The fourth-order valence-electron chi connectivity index (χ4n) is 1.82. The van der Waals surface area contributed by atoms with E-state index in [1.165, 1.54) is 5.56 Å². The minimum Gasteiger partial charge on any atom is -0.356 e. The quantitative estimate of drug-likeness (QED) is 0.800. The van der Waals surface area contributed by atoms with Crippen molar-refractivity contribution in [3.8, 4) is 0 Å². The number of likely N-dealkylation sites (N-methyl/N-ethyl adjacent to an activating group) is 1. The SMILES string of the molecule is CCNC(=O)Cc1ccc(C2(N)CC2)cc1. The van der Waals surface area contributed by atoms with E-state index in [0.717, 1.165) is 18.4 Å². The molecule has 16 heavy (non-hydrogen) atoms. The highest BCUT2D eigenvalue weighted by atomic mass is 16.1. The van der Waals surface area contributed by atoms with E-state index in [2.05, 4.69) is 5.32 Å². The largest absolute Gasteiger partial charge is 0.356 e. The topological polar surface area (TPSA) is 55.1 Å². The molecule has 86 valence electrons. The van der Waals surface area contributed by atoms with Crippen molar-refractivity contribution in [1.82, 2.24) is 5.32 Å². The van der Waals surface area contributed by atoms with Gasteiger partial charge in [0.25, 0.3) is 0 Å². The molecule has 0 radical (unpaired) electrons. The van der Waals surface area contributed by atoms with Gasteiger partial charge in [0, 0.05) is 12.1 Å². The van der Waals surface area contributed by atoms with E-state index in [-0.39, 0.29) is 11.4 Å². The second kappa shape index (κ2) is 4.26. The molecule has 0 aliphatic heterocycles. The van der Waals surface area contributed by atoms with Crippen LogP contribution in [0.4, 0.5) is 0 Å². The van der Waals surface area contributed by atoms with Gasteiger partial charge in [-0.3, -0.25) is 4.79 Å². The van der Waals surface area contributed by atoms with Gasteiger partial charge < -0.3 is 11.1 Å². The molecule has 0 atom stereocenters. The third-order valence-electron chi connectivity index (χ3n) is 3.06. The summed E-state index contributed by atoms with van der Waals surface area (Å²) in [4.78, 5) is 11.4. The van der Waals surface area contributed by atoms with Gasteiger partial charge >= 0.3 is 0 Å². The summed E-state index contributed by atoms with van der Waals surface area (Å²) in [5.74, 6) is 0.0733. The first-order chi connectivity index (χ1) is 7.64. The highest BCUT2D eigenvalue weighted by Crippen LogP contribution is 2.42. The lowest BCUT2D eigenvalue weighted by molar-refractivity contribution is -0.120. The zero-order valence-corrected chi connectivity index (χ0v) is 9.62. The summed E-state index contributed by atoms with van der Waals surface area (Å²) in [7, 11) is 0. The van der Waals surface area contributed by atoms with E-state index in [1.54, 1.807) is 0 Å². The summed E-state index contributed by atoms with van der Waals surface area (Å²) in [5, 5.41) is 2.79. The number of hydrogen-bond acceptors (Lipinski definition) is 2. The van der Waals surface area contributed by atoms with E-state index in [0.29, 0.717) is 13.0 Å². The van der Waals surface area contributed by atoms with Crippen LogP contribution >= 0.6 is 0 Å². The summed E-state index contributed by atoms with van der Waals surface area (Å²) >= 11 is 0. The molecule has 0 spiro atoms. The molecule has 3 heteroatoms. The molecule has 1 amide bonds. The first kappa shape index (κ1) is 11.1. The molecule has 1 fully saturated rings. The van der Waals surface area contributed by atoms with Crippen LogP contribution < -0.4 is 11.1 Å². The van der Waals surface area contributed by atoms with Gasteiger partial charge in [0.05, 0.1) is 6.42 Å². The molecule has 1 saturated carbocycles. The highest BCUT2D eigenvalue weighted by Gasteiger charge is 2.39. The minimum absolute atomic E-state index is 0.0733. The molecule has 2 rings (SSSR count). The zero-order chi connectivity index (χ0) is 11.6. The van der Waals surface area contributed by atoms with Crippen LogP contribution in [0.15, 0.2) is 24.3 Å². The fraction of sp³-hybridized carbons (Fsp3) is 0.462. The van der Waals surface area contributed by atoms with Crippen molar-refractivity contribution in [2.75, 3.05) is 6.54 Å². The standard InChI is InChI=1S/C13H18N2O/c1-2-15-12(16)9-10-3-5-11(6-4-10)13(14)7-8-13/h3-6H,2,7-9,14H2,1H3,(H,15,16). The number of amides is 1. The minimum atomic E-state index is -0.0792. The highest BCUT2D eigenvalue weighted by molar-refractivity contribution is 5.78. The predicted molar refractivity (Wildman–Crippen MR) is 63.9 cm³/mol. The van der Waals surface area contributed by atoms with Crippen LogP contribution in [-0.4, -0.2) is 12.5 Å². The number of benzene rings is 1. The summed E-state index contributed by atoms with van der Waals surface area (Å²) in [6.45, 7) is 2.61. The molecule has 1 aliphatic carbocycles. The van der Waals surface area contributed by atoms with Crippen LogP contribution in [0.1, 0.15) is 30.9 Å². The maximum absolute atomic E-state index is 11.4. The Balaban J connectivity index is 1.99. The van der Waals surface area contributed by atoms with Crippen molar-refractivity contribution in [1.29, 1.82) is 0 Å². The number of hydrogen-bond donors (Lipinski definition) is 2. The van der Waals surface area contributed by atoms with Crippen molar-refractivity contribution < 1.29 is 4.79 Å². The summed E-state index contributed by atoms with van der Waals surface area (Å²) in [5.41, 5.74) is 8.24. The van der Waals surface area contributed by atoms with Crippen molar-refractivity contribution in [2.45, 2.75) is 31.7 Å². The van der Waals surface area contributed by atoms with E-state index in [4.69, 9.17) is 5.73 Å². The molecule has 1 aromatic carbocycles. The lowest BCUT2D eigenvalue weighted by Gasteiger charge is -2.09. The normalized spacial score (nSPS) is 16.9. The van der Waals surface area contributed by atoms with Crippen LogP contribution in [0.25, 0.3) is 0 Å². The van der Waals surface area contributed by atoms with Crippen LogP contribution in [0.2, 0.25) is 0 Å². The average Bonchev–Trinajstić information content (AvgIpc) is 2.99. The van der Waals surface area contributed by atoms with Gasteiger partial charge in [-0.25, -0.2) is 0 Å². The summed E-state index contributed by atoms with van der Waals surface area (Å²) in [6.07, 6.45) is 2.59. The maximum atomic E-state index is 11.4. The van der Waals surface area contributed by atoms with Crippen LogP contribution in [-0.2, 0) is 16.8 Å². The molecule has 1 aromatic rings. The zero-order valence-electron chi connectivity index (χ0n) is 9.62. The molecule has 0 heterocycles. The van der Waals surface area contributed by atoms with Crippen molar-refractivity contribution >= 4 is 5.91 Å². The Hall–Kier alpha value is -1.35. The third kappa shape index (κ3) is 2.42. The summed E-state index contributed by atoms with van der Waals surface area (Å²) in [6, 6.07) is 8.08.